The van der Waals surface area contributed by atoms with Crippen LogP contribution in [0.1, 0.15) is 10.9 Å². The molecule has 4 heteroatoms. The Hall–Kier alpha value is -1.03. The fourth-order valence-corrected chi connectivity index (χ4v) is 1.89. The van der Waals surface area contributed by atoms with E-state index in [1.54, 1.807) is 11.3 Å². The van der Waals surface area contributed by atoms with E-state index in [0.29, 0.717) is 6.54 Å². The first kappa shape index (κ1) is 6.67. The van der Waals surface area contributed by atoms with Crippen LogP contribution in [0.15, 0.2) is 17.5 Å². The van der Waals surface area contributed by atoms with Gasteiger partial charge in [0.15, 0.2) is 0 Å². The van der Waals surface area contributed by atoms with Crippen LogP contribution < -0.4 is 10.6 Å². The molecule has 1 aliphatic rings. The molecular weight excluding hydrogens is 160 g/mol. The van der Waals surface area contributed by atoms with E-state index in [1.165, 1.54) is 4.88 Å². The number of rotatable bonds is 1. The van der Waals surface area contributed by atoms with Gasteiger partial charge >= 0.3 is 6.03 Å². The summed E-state index contributed by atoms with van der Waals surface area (Å²) in [5.41, 5.74) is 0. The minimum Gasteiger partial charge on any atom is -0.336 e. The average molecular weight is 168 g/mol. The van der Waals surface area contributed by atoms with Gasteiger partial charge in [-0.05, 0) is 11.4 Å². The molecule has 0 bridgehead atoms. The maximum Gasteiger partial charge on any atom is 0.315 e. The summed E-state index contributed by atoms with van der Waals surface area (Å²) in [5, 5.41) is 7.54. The van der Waals surface area contributed by atoms with E-state index in [1.807, 2.05) is 17.5 Å². The van der Waals surface area contributed by atoms with E-state index in [9.17, 15) is 4.79 Å². The molecule has 0 aliphatic carbocycles. The van der Waals surface area contributed by atoms with Crippen LogP contribution in [-0.4, -0.2) is 12.6 Å². The Kier molecular flexibility index (Phi) is 1.54. The van der Waals surface area contributed by atoms with Gasteiger partial charge in [-0.1, -0.05) is 6.07 Å². The monoisotopic (exact) mass is 168 g/mol. The van der Waals surface area contributed by atoms with Crippen LogP contribution in [0.3, 0.4) is 0 Å². The maximum atomic E-state index is 10.7. The third kappa shape index (κ3) is 1.21. The van der Waals surface area contributed by atoms with Crippen molar-refractivity contribution >= 4 is 17.4 Å². The van der Waals surface area contributed by atoms with Gasteiger partial charge in [-0.15, -0.1) is 11.3 Å². The Morgan fingerprint density at radius 2 is 2.55 bits per heavy atom. The van der Waals surface area contributed by atoms with Crippen molar-refractivity contribution in [2.75, 3.05) is 6.54 Å². The molecule has 0 radical (unpaired) electrons. The zero-order valence-electron chi connectivity index (χ0n) is 5.83. The first-order chi connectivity index (χ1) is 5.36. The van der Waals surface area contributed by atoms with E-state index in [0.717, 1.165) is 0 Å². The lowest BCUT2D eigenvalue weighted by Crippen LogP contribution is -2.21. The molecule has 0 saturated carbocycles. The summed E-state index contributed by atoms with van der Waals surface area (Å²) in [6.07, 6.45) is 0. The molecule has 1 fully saturated rings. The largest absolute Gasteiger partial charge is 0.336 e. The highest BCUT2D eigenvalue weighted by Crippen LogP contribution is 2.19. The second-order valence-electron chi connectivity index (χ2n) is 2.42. The van der Waals surface area contributed by atoms with Gasteiger partial charge in [-0.2, -0.15) is 0 Å². The number of hydrogen-bond acceptors (Lipinski definition) is 2. The zero-order valence-corrected chi connectivity index (χ0v) is 6.65. The van der Waals surface area contributed by atoms with Crippen molar-refractivity contribution in [3.63, 3.8) is 0 Å². The smallest absolute Gasteiger partial charge is 0.315 e. The highest BCUT2D eigenvalue weighted by molar-refractivity contribution is 7.10. The highest BCUT2D eigenvalue weighted by atomic mass is 32.1. The Morgan fingerprint density at radius 1 is 1.64 bits per heavy atom. The second kappa shape index (κ2) is 2.54. The zero-order chi connectivity index (χ0) is 7.68. The Labute approximate surface area is 68.4 Å². The van der Waals surface area contributed by atoms with Gasteiger partial charge < -0.3 is 10.6 Å². The normalized spacial score (nSPS) is 22.9. The lowest BCUT2D eigenvalue weighted by molar-refractivity contribution is 0.247. The van der Waals surface area contributed by atoms with Gasteiger partial charge in [0.05, 0.1) is 6.04 Å². The molecule has 58 valence electrons. The SMILES string of the molecule is O=C1NC[C@@H](c2cccs2)N1. The summed E-state index contributed by atoms with van der Waals surface area (Å²) in [6, 6.07) is 4.14. The Morgan fingerprint density at radius 3 is 3.09 bits per heavy atom. The van der Waals surface area contributed by atoms with Gasteiger partial charge in [0, 0.05) is 11.4 Å². The van der Waals surface area contributed by atoms with Crippen LogP contribution in [0.5, 0.6) is 0 Å². The van der Waals surface area contributed by atoms with Crippen LogP contribution in [0.2, 0.25) is 0 Å². The Bertz CT molecular complexity index is 257. The van der Waals surface area contributed by atoms with Crippen molar-refractivity contribution in [2.24, 2.45) is 0 Å². The molecule has 2 N–H and O–H groups in total. The molecule has 11 heavy (non-hydrogen) atoms. The molecule has 3 nitrogen and oxygen atoms in total. The molecule has 1 aromatic rings. The van der Waals surface area contributed by atoms with Crippen LogP contribution in [-0.2, 0) is 0 Å². The van der Waals surface area contributed by atoms with Crippen molar-refractivity contribution in [1.29, 1.82) is 0 Å². The maximum absolute atomic E-state index is 10.7. The van der Waals surface area contributed by atoms with Crippen LogP contribution >= 0.6 is 11.3 Å². The number of carbonyl (C=O) groups is 1. The molecule has 2 rings (SSSR count). The summed E-state index contributed by atoms with van der Waals surface area (Å²) in [6.45, 7) is 0.708. The van der Waals surface area contributed by atoms with Gasteiger partial charge in [0.1, 0.15) is 0 Å². The lowest BCUT2D eigenvalue weighted by atomic mass is 10.3. The summed E-state index contributed by atoms with van der Waals surface area (Å²) >= 11 is 1.67. The van der Waals surface area contributed by atoms with Gasteiger partial charge in [0.2, 0.25) is 0 Å². The number of amides is 2. The Balaban J connectivity index is 2.13. The molecule has 1 saturated heterocycles. The number of carbonyl (C=O) groups excluding carboxylic acids is 1. The van der Waals surface area contributed by atoms with Gasteiger partial charge in [-0.25, -0.2) is 4.79 Å². The topological polar surface area (TPSA) is 41.1 Å². The van der Waals surface area contributed by atoms with E-state index in [4.69, 9.17) is 0 Å². The fourth-order valence-electron chi connectivity index (χ4n) is 1.12. The summed E-state index contributed by atoms with van der Waals surface area (Å²) < 4.78 is 0. The van der Waals surface area contributed by atoms with Crippen LogP contribution in [0, 0.1) is 0 Å². The number of urea groups is 1. The second-order valence-corrected chi connectivity index (χ2v) is 3.40. The first-order valence-electron chi connectivity index (χ1n) is 3.44. The minimum absolute atomic E-state index is 0.0663. The summed E-state index contributed by atoms with van der Waals surface area (Å²) in [7, 11) is 0. The third-order valence-electron chi connectivity index (χ3n) is 1.66. The molecule has 0 spiro atoms. The fraction of sp³-hybridized carbons (Fsp3) is 0.286. The summed E-state index contributed by atoms with van der Waals surface area (Å²) in [4.78, 5) is 11.9. The van der Waals surface area contributed by atoms with Crippen molar-refractivity contribution < 1.29 is 4.79 Å². The summed E-state index contributed by atoms with van der Waals surface area (Å²) in [5.74, 6) is 0. The van der Waals surface area contributed by atoms with Crippen molar-refractivity contribution in [3.8, 4) is 0 Å². The molecule has 2 amide bonds. The molecule has 1 aromatic heterocycles. The number of nitrogens with one attached hydrogen (secondary N) is 2. The van der Waals surface area contributed by atoms with Crippen LogP contribution in [0.25, 0.3) is 0 Å². The average Bonchev–Trinajstić information content (AvgIpc) is 2.55. The standard InChI is InChI=1S/C7H8N2OS/c10-7-8-4-5(9-7)6-2-1-3-11-6/h1-3,5H,4H2,(H2,8,9,10)/t5-/m0/s1. The van der Waals surface area contributed by atoms with E-state index >= 15 is 0 Å². The number of hydrogen-bond donors (Lipinski definition) is 2. The van der Waals surface area contributed by atoms with E-state index < -0.39 is 0 Å². The predicted molar refractivity (Wildman–Crippen MR) is 43.6 cm³/mol. The third-order valence-corrected chi connectivity index (χ3v) is 2.64. The van der Waals surface area contributed by atoms with Crippen LogP contribution in [0.4, 0.5) is 4.79 Å². The molecule has 1 atom stereocenters. The number of thiophene rings is 1. The predicted octanol–water partition coefficient (Wildman–Crippen LogP) is 1.10. The molecule has 0 unspecified atom stereocenters. The van der Waals surface area contributed by atoms with Crippen molar-refractivity contribution in [1.82, 2.24) is 10.6 Å². The molecule has 2 heterocycles. The highest BCUT2D eigenvalue weighted by Gasteiger charge is 2.21. The first-order valence-corrected chi connectivity index (χ1v) is 4.32. The van der Waals surface area contributed by atoms with E-state index in [2.05, 4.69) is 10.6 Å². The quantitative estimate of drug-likeness (QED) is 0.647. The molecule has 1 aliphatic heterocycles. The molecular formula is C7H8N2OS. The van der Waals surface area contributed by atoms with Crippen molar-refractivity contribution in [2.45, 2.75) is 6.04 Å². The van der Waals surface area contributed by atoms with Crippen molar-refractivity contribution in [3.05, 3.63) is 22.4 Å². The molecule has 0 aromatic carbocycles. The van der Waals surface area contributed by atoms with Gasteiger partial charge in [-0.3, -0.25) is 0 Å². The van der Waals surface area contributed by atoms with Gasteiger partial charge in [0.25, 0.3) is 0 Å². The lowest BCUT2D eigenvalue weighted by Gasteiger charge is -2.03. The minimum atomic E-state index is -0.0663. The van der Waals surface area contributed by atoms with E-state index in [-0.39, 0.29) is 12.1 Å².